The van der Waals surface area contributed by atoms with Gasteiger partial charge in [0.15, 0.2) is 6.29 Å². The second-order valence-electron chi connectivity index (χ2n) is 6.10. The zero-order chi connectivity index (χ0) is 14.4. The monoisotopic (exact) mass is 288 g/mol. The maximum Gasteiger partial charge on any atom is 0.269 e. The molecule has 0 atom stereocenters. The van der Waals surface area contributed by atoms with Crippen molar-refractivity contribution in [1.82, 2.24) is 0 Å². The van der Waals surface area contributed by atoms with Gasteiger partial charge in [0.25, 0.3) is 6.08 Å². The van der Waals surface area contributed by atoms with Crippen LogP contribution in [0, 0.1) is 11.8 Å². The maximum absolute atomic E-state index is 12.5. The van der Waals surface area contributed by atoms with Gasteiger partial charge >= 0.3 is 0 Å². The third-order valence-corrected chi connectivity index (χ3v) is 4.49. The highest BCUT2D eigenvalue weighted by molar-refractivity contribution is 5.05. The molecule has 0 aromatic carbocycles. The third-order valence-electron chi connectivity index (χ3n) is 4.49. The van der Waals surface area contributed by atoms with Gasteiger partial charge in [-0.3, -0.25) is 0 Å². The van der Waals surface area contributed by atoms with Crippen LogP contribution < -0.4 is 0 Å². The van der Waals surface area contributed by atoms with Crippen LogP contribution in [0.25, 0.3) is 0 Å². The summed E-state index contributed by atoms with van der Waals surface area (Å²) in [4.78, 5) is 0. The Hall–Kier alpha value is -0.480. The van der Waals surface area contributed by atoms with Crippen LogP contribution >= 0.6 is 0 Å². The summed E-state index contributed by atoms with van der Waals surface area (Å²) >= 11 is 0. The zero-order valence-corrected chi connectivity index (χ0v) is 12.4. The van der Waals surface area contributed by atoms with Crippen LogP contribution in [0.5, 0.6) is 0 Å². The average Bonchev–Trinajstić information content (AvgIpc) is 2.48. The van der Waals surface area contributed by atoms with E-state index in [0.29, 0.717) is 24.3 Å². The molecule has 0 unspecified atom stereocenters. The van der Waals surface area contributed by atoms with E-state index in [4.69, 9.17) is 9.47 Å². The Morgan fingerprint density at radius 1 is 1.10 bits per heavy atom. The molecule has 2 aliphatic rings. The molecule has 0 N–H and O–H groups in total. The van der Waals surface area contributed by atoms with Gasteiger partial charge in [-0.05, 0) is 37.7 Å². The Labute approximate surface area is 120 Å². The Morgan fingerprint density at radius 3 is 2.30 bits per heavy atom. The number of hydrogen-bond donors (Lipinski definition) is 0. The molecule has 2 rings (SSSR count). The van der Waals surface area contributed by atoms with E-state index in [2.05, 4.69) is 6.92 Å². The predicted octanol–water partition coefficient (Wildman–Crippen LogP) is 4.90. The molecular formula is C16H26F2O2. The highest BCUT2D eigenvalue weighted by Gasteiger charge is 2.31. The minimum absolute atomic E-state index is 0.165. The molecular weight excluding hydrogens is 262 g/mol. The Kier molecular flexibility index (Phi) is 6.43. The summed E-state index contributed by atoms with van der Waals surface area (Å²) in [7, 11) is 0. The highest BCUT2D eigenvalue weighted by atomic mass is 19.3. The number of unbranched alkanes of at least 4 members (excludes halogenated alkanes) is 2. The van der Waals surface area contributed by atoms with Crippen molar-refractivity contribution in [3.63, 3.8) is 0 Å². The van der Waals surface area contributed by atoms with Crippen molar-refractivity contribution in [3.8, 4) is 0 Å². The molecule has 1 heterocycles. The van der Waals surface area contributed by atoms with Crippen molar-refractivity contribution >= 4 is 0 Å². The standard InChI is InChI=1S/C16H26F2O2/c1-2-3-4-5-12-10-19-16(20-11-12)14-8-6-13(7-9-14)15(17)18/h12,14,16H,2-11H2,1H3. The van der Waals surface area contributed by atoms with Crippen LogP contribution in [-0.2, 0) is 9.47 Å². The molecule has 0 amide bonds. The van der Waals surface area contributed by atoms with Gasteiger partial charge in [-0.15, -0.1) is 0 Å². The van der Waals surface area contributed by atoms with Gasteiger partial charge in [0.05, 0.1) is 13.2 Å². The van der Waals surface area contributed by atoms with E-state index in [0.717, 1.165) is 26.1 Å². The summed E-state index contributed by atoms with van der Waals surface area (Å²) in [6, 6.07) is 0. The molecule has 20 heavy (non-hydrogen) atoms. The van der Waals surface area contributed by atoms with Gasteiger partial charge in [-0.2, -0.15) is 8.78 Å². The molecule has 116 valence electrons. The molecule has 2 nitrogen and oxygen atoms in total. The Morgan fingerprint density at radius 2 is 1.75 bits per heavy atom. The molecule has 1 aliphatic heterocycles. The van der Waals surface area contributed by atoms with Crippen LogP contribution in [0.3, 0.4) is 0 Å². The van der Waals surface area contributed by atoms with E-state index in [-0.39, 0.29) is 12.2 Å². The lowest BCUT2D eigenvalue weighted by Crippen LogP contribution is -2.38. The minimum Gasteiger partial charge on any atom is -0.352 e. The first kappa shape index (κ1) is 15.9. The SMILES string of the molecule is CCCCCC1COC(C2CCC(=C(F)F)CC2)OC1. The van der Waals surface area contributed by atoms with Crippen LogP contribution in [0.15, 0.2) is 11.7 Å². The lowest BCUT2D eigenvalue weighted by Gasteiger charge is -2.36. The number of halogens is 2. The van der Waals surface area contributed by atoms with Gasteiger partial charge in [0.1, 0.15) is 0 Å². The first-order chi connectivity index (χ1) is 9.70. The number of ether oxygens (including phenoxy) is 2. The largest absolute Gasteiger partial charge is 0.352 e. The molecule has 0 bridgehead atoms. The van der Waals surface area contributed by atoms with Gasteiger partial charge in [-0.1, -0.05) is 26.2 Å². The molecule has 0 aromatic heterocycles. The lowest BCUT2D eigenvalue weighted by atomic mass is 9.85. The molecule has 4 heteroatoms. The topological polar surface area (TPSA) is 18.5 Å². The Balaban J connectivity index is 1.68. The lowest BCUT2D eigenvalue weighted by molar-refractivity contribution is -0.228. The minimum atomic E-state index is -1.48. The van der Waals surface area contributed by atoms with Crippen LogP contribution in [0.2, 0.25) is 0 Å². The van der Waals surface area contributed by atoms with Crippen LogP contribution in [0.1, 0.15) is 58.3 Å². The molecule has 0 spiro atoms. The van der Waals surface area contributed by atoms with Gasteiger partial charge in [0, 0.05) is 11.8 Å². The quantitative estimate of drug-likeness (QED) is 0.670. The van der Waals surface area contributed by atoms with Crippen molar-refractivity contribution in [1.29, 1.82) is 0 Å². The zero-order valence-electron chi connectivity index (χ0n) is 12.4. The summed E-state index contributed by atoms with van der Waals surface area (Å²) in [6.45, 7) is 3.74. The fraction of sp³-hybridized carbons (Fsp3) is 0.875. The Bertz CT molecular complexity index is 308. The van der Waals surface area contributed by atoms with Crippen LogP contribution in [0.4, 0.5) is 8.78 Å². The van der Waals surface area contributed by atoms with Gasteiger partial charge in [-0.25, -0.2) is 0 Å². The third kappa shape index (κ3) is 4.52. The van der Waals surface area contributed by atoms with Crippen molar-refractivity contribution in [2.45, 2.75) is 64.6 Å². The summed E-state index contributed by atoms with van der Waals surface area (Å²) in [5.74, 6) is 0.801. The van der Waals surface area contributed by atoms with E-state index in [1.54, 1.807) is 0 Å². The molecule has 1 saturated heterocycles. The van der Waals surface area contributed by atoms with Crippen molar-refractivity contribution < 1.29 is 18.3 Å². The van der Waals surface area contributed by atoms with Crippen LogP contribution in [-0.4, -0.2) is 19.5 Å². The molecule has 2 fully saturated rings. The average molecular weight is 288 g/mol. The van der Waals surface area contributed by atoms with Crippen molar-refractivity contribution in [3.05, 3.63) is 11.7 Å². The molecule has 1 aliphatic carbocycles. The highest BCUT2D eigenvalue weighted by Crippen LogP contribution is 2.35. The van der Waals surface area contributed by atoms with E-state index in [9.17, 15) is 8.78 Å². The number of rotatable bonds is 5. The summed E-state index contributed by atoms with van der Waals surface area (Å²) in [5.41, 5.74) is 0.328. The van der Waals surface area contributed by atoms with E-state index >= 15 is 0 Å². The smallest absolute Gasteiger partial charge is 0.269 e. The summed E-state index contributed by atoms with van der Waals surface area (Å²) < 4.78 is 36.7. The maximum atomic E-state index is 12.5. The van der Waals surface area contributed by atoms with E-state index in [1.807, 2.05) is 0 Å². The first-order valence-corrected chi connectivity index (χ1v) is 7.97. The number of allylic oxidation sites excluding steroid dienone is 1. The predicted molar refractivity (Wildman–Crippen MR) is 74.5 cm³/mol. The van der Waals surface area contributed by atoms with E-state index < -0.39 is 6.08 Å². The first-order valence-electron chi connectivity index (χ1n) is 7.97. The summed E-state index contributed by atoms with van der Waals surface area (Å²) in [5, 5.41) is 0. The summed E-state index contributed by atoms with van der Waals surface area (Å²) in [6.07, 6.45) is 5.79. The van der Waals surface area contributed by atoms with Crippen molar-refractivity contribution in [2.75, 3.05) is 13.2 Å². The fourth-order valence-electron chi connectivity index (χ4n) is 3.13. The van der Waals surface area contributed by atoms with Gasteiger partial charge in [0.2, 0.25) is 0 Å². The molecule has 1 saturated carbocycles. The normalized spacial score (nSPS) is 31.4. The second-order valence-corrected chi connectivity index (χ2v) is 6.10. The van der Waals surface area contributed by atoms with Crippen molar-refractivity contribution in [2.24, 2.45) is 11.8 Å². The fourth-order valence-corrected chi connectivity index (χ4v) is 3.13. The van der Waals surface area contributed by atoms with E-state index in [1.165, 1.54) is 25.7 Å². The molecule has 0 radical (unpaired) electrons. The number of hydrogen-bond acceptors (Lipinski definition) is 2. The van der Waals surface area contributed by atoms with Gasteiger partial charge < -0.3 is 9.47 Å². The second kappa shape index (κ2) is 8.08. The molecule has 0 aromatic rings.